The van der Waals surface area contributed by atoms with Crippen molar-refractivity contribution in [3.05, 3.63) is 18.7 Å². The highest BCUT2D eigenvalue weighted by molar-refractivity contribution is 5.83. The third kappa shape index (κ3) is 3.42. The van der Waals surface area contributed by atoms with Crippen molar-refractivity contribution in [1.82, 2.24) is 29.4 Å². The molecule has 2 aromatic rings. The summed E-state index contributed by atoms with van der Waals surface area (Å²) in [4.78, 5) is 29.7. The lowest BCUT2D eigenvalue weighted by Crippen LogP contribution is -2.37. The van der Waals surface area contributed by atoms with E-state index in [-0.39, 0.29) is 17.8 Å². The molecule has 0 aromatic carbocycles. The summed E-state index contributed by atoms with van der Waals surface area (Å²) in [6.45, 7) is 1.72. The van der Waals surface area contributed by atoms with Crippen LogP contribution < -0.4 is 16.6 Å². The van der Waals surface area contributed by atoms with Gasteiger partial charge in [0, 0.05) is 26.5 Å². The summed E-state index contributed by atoms with van der Waals surface area (Å²) in [5.74, 6) is 6.01. The van der Waals surface area contributed by atoms with Crippen molar-refractivity contribution >= 4 is 17.8 Å². The Labute approximate surface area is 121 Å². The zero-order valence-corrected chi connectivity index (χ0v) is 12.0. The van der Waals surface area contributed by atoms with Gasteiger partial charge >= 0.3 is 0 Å². The van der Waals surface area contributed by atoms with E-state index in [2.05, 4.69) is 30.7 Å². The third-order valence-electron chi connectivity index (χ3n) is 2.64. The van der Waals surface area contributed by atoms with Crippen molar-refractivity contribution in [3.63, 3.8) is 0 Å². The van der Waals surface area contributed by atoms with Gasteiger partial charge in [0.15, 0.2) is 0 Å². The summed E-state index contributed by atoms with van der Waals surface area (Å²) in [5.41, 5.74) is 2.36. The molecule has 2 rings (SSSR count). The van der Waals surface area contributed by atoms with Gasteiger partial charge in [-0.2, -0.15) is 15.0 Å². The molecular formula is C11H17N9O. The van der Waals surface area contributed by atoms with Crippen LogP contribution in [0.3, 0.4) is 0 Å². The Balaban J connectivity index is 2.27. The van der Waals surface area contributed by atoms with Crippen molar-refractivity contribution < 1.29 is 4.79 Å². The summed E-state index contributed by atoms with van der Waals surface area (Å²) < 4.78 is 1.60. The molecule has 4 N–H and O–H groups in total. The van der Waals surface area contributed by atoms with Gasteiger partial charge in [-0.1, -0.05) is 0 Å². The predicted octanol–water partition coefficient (Wildman–Crippen LogP) is -0.768. The predicted molar refractivity (Wildman–Crippen MR) is 76.5 cm³/mol. The fourth-order valence-corrected chi connectivity index (χ4v) is 1.63. The largest absolute Gasteiger partial charge is 0.347 e. The lowest BCUT2D eigenvalue weighted by Gasteiger charge is -2.18. The number of likely N-dealkylation sites (N-methyl/N-ethyl adjacent to an activating group) is 1. The number of nitrogens with one attached hydrogen (secondary N) is 2. The first-order valence-electron chi connectivity index (χ1n) is 6.20. The van der Waals surface area contributed by atoms with Crippen LogP contribution in [0.2, 0.25) is 0 Å². The van der Waals surface area contributed by atoms with E-state index in [0.717, 1.165) is 0 Å². The lowest BCUT2D eigenvalue weighted by atomic mass is 10.3. The Morgan fingerprint density at radius 1 is 1.33 bits per heavy atom. The van der Waals surface area contributed by atoms with E-state index < -0.39 is 6.04 Å². The Bertz CT molecular complexity index is 610. The molecule has 0 aliphatic rings. The number of rotatable bonds is 5. The van der Waals surface area contributed by atoms with Gasteiger partial charge in [-0.3, -0.25) is 14.8 Å². The molecule has 0 aliphatic carbocycles. The first kappa shape index (κ1) is 14.7. The number of hydrogen-bond acceptors (Lipinski definition) is 8. The third-order valence-corrected chi connectivity index (χ3v) is 2.64. The van der Waals surface area contributed by atoms with E-state index in [1.807, 2.05) is 0 Å². The van der Waals surface area contributed by atoms with Gasteiger partial charge in [0.25, 0.3) is 0 Å². The van der Waals surface area contributed by atoms with Gasteiger partial charge in [-0.05, 0) is 6.92 Å². The van der Waals surface area contributed by atoms with Gasteiger partial charge in [-0.15, -0.1) is 0 Å². The number of nitrogen functional groups attached to an aromatic ring is 1. The number of carbonyl (C=O) groups excluding carboxylic acids is 1. The molecule has 10 nitrogen and oxygen atoms in total. The molecule has 0 saturated heterocycles. The molecular weight excluding hydrogens is 274 g/mol. The summed E-state index contributed by atoms with van der Waals surface area (Å²) in [5, 5.41) is 2.92. The van der Waals surface area contributed by atoms with Crippen molar-refractivity contribution in [2.24, 2.45) is 5.84 Å². The molecule has 1 atom stereocenters. The maximum atomic E-state index is 11.9. The van der Waals surface area contributed by atoms with Gasteiger partial charge in [-0.25, -0.2) is 10.8 Å². The van der Waals surface area contributed by atoms with Crippen LogP contribution in [0.25, 0.3) is 5.95 Å². The van der Waals surface area contributed by atoms with Crippen molar-refractivity contribution in [2.75, 3.05) is 24.8 Å². The summed E-state index contributed by atoms with van der Waals surface area (Å²) in [6.07, 6.45) is 4.84. The number of aromatic nitrogens is 5. The fraction of sp³-hybridized carbons (Fsp3) is 0.364. The molecule has 2 aromatic heterocycles. The minimum absolute atomic E-state index is 0.0955. The van der Waals surface area contributed by atoms with Crippen molar-refractivity contribution in [3.8, 4) is 5.95 Å². The first-order chi connectivity index (χ1) is 10.0. The highest BCUT2D eigenvalue weighted by Gasteiger charge is 2.17. The molecule has 0 bridgehead atoms. The topological polar surface area (TPSA) is 127 Å². The van der Waals surface area contributed by atoms with E-state index in [1.54, 1.807) is 44.3 Å². The highest BCUT2D eigenvalue weighted by Crippen LogP contribution is 2.09. The SMILES string of the molecule is CC(Nc1nc(NN)nc(-n2ccnc2)n1)C(=O)N(C)C. The van der Waals surface area contributed by atoms with Gasteiger partial charge in [0.2, 0.25) is 23.8 Å². The Kier molecular flexibility index (Phi) is 4.28. The van der Waals surface area contributed by atoms with Gasteiger partial charge < -0.3 is 10.2 Å². The van der Waals surface area contributed by atoms with E-state index in [4.69, 9.17) is 5.84 Å². The van der Waals surface area contributed by atoms with E-state index in [1.165, 1.54) is 4.90 Å². The summed E-state index contributed by atoms with van der Waals surface area (Å²) >= 11 is 0. The van der Waals surface area contributed by atoms with Crippen LogP contribution in [-0.2, 0) is 4.79 Å². The maximum absolute atomic E-state index is 11.9. The molecule has 2 heterocycles. The molecule has 0 saturated carbocycles. The number of hydrazine groups is 1. The Morgan fingerprint density at radius 2 is 2.05 bits per heavy atom. The monoisotopic (exact) mass is 291 g/mol. The number of nitrogens with zero attached hydrogens (tertiary/aromatic N) is 6. The molecule has 10 heteroatoms. The van der Waals surface area contributed by atoms with E-state index in [9.17, 15) is 4.79 Å². The molecule has 112 valence electrons. The van der Waals surface area contributed by atoms with Gasteiger partial charge in [0.1, 0.15) is 12.4 Å². The van der Waals surface area contributed by atoms with E-state index >= 15 is 0 Å². The molecule has 1 unspecified atom stereocenters. The van der Waals surface area contributed by atoms with Gasteiger partial charge in [0.05, 0.1) is 0 Å². The molecule has 0 spiro atoms. The van der Waals surface area contributed by atoms with Crippen LogP contribution in [0.5, 0.6) is 0 Å². The smallest absolute Gasteiger partial charge is 0.244 e. The maximum Gasteiger partial charge on any atom is 0.244 e. The standard InChI is InChI=1S/C11H17N9O/c1-7(8(21)19(2)3)14-9-15-10(18-12)17-11(16-9)20-5-4-13-6-20/h4-7H,12H2,1-3H3,(H2,14,15,16,17,18). The average molecular weight is 291 g/mol. The van der Waals surface area contributed by atoms with Crippen LogP contribution in [-0.4, -0.2) is 55.4 Å². The zero-order valence-electron chi connectivity index (χ0n) is 12.0. The first-order valence-corrected chi connectivity index (χ1v) is 6.20. The molecule has 0 aliphatic heterocycles. The normalized spacial score (nSPS) is 11.8. The number of anilines is 2. The Hall–Kier alpha value is -2.75. The second kappa shape index (κ2) is 6.13. The zero-order chi connectivity index (χ0) is 15.4. The number of imidazole rings is 1. The molecule has 0 radical (unpaired) electrons. The van der Waals surface area contributed by atoms with Crippen LogP contribution in [0.4, 0.5) is 11.9 Å². The highest BCUT2D eigenvalue weighted by atomic mass is 16.2. The Morgan fingerprint density at radius 3 is 2.62 bits per heavy atom. The average Bonchev–Trinajstić information content (AvgIpc) is 3.00. The number of nitrogens with two attached hydrogens (primary N) is 1. The number of carbonyl (C=O) groups is 1. The number of hydrogen-bond donors (Lipinski definition) is 3. The van der Waals surface area contributed by atoms with Crippen LogP contribution in [0.1, 0.15) is 6.92 Å². The lowest BCUT2D eigenvalue weighted by molar-refractivity contribution is -0.129. The van der Waals surface area contributed by atoms with Crippen molar-refractivity contribution in [2.45, 2.75) is 13.0 Å². The second-order valence-electron chi connectivity index (χ2n) is 4.50. The van der Waals surface area contributed by atoms with E-state index in [0.29, 0.717) is 5.95 Å². The van der Waals surface area contributed by atoms with Crippen LogP contribution in [0, 0.1) is 0 Å². The summed E-state index contributed by atoms with van der Waals surface area (Å²) in [6, 6.07) is -0.483. The minimum atomic E-state index is -0.483. The second-order valence-corrected chi connectivity index (χ2v) is 4.50. The minimum Gasteiger partial charge on any atom is -0.347 e. The van der Waals surface area contributed by atoms with Crippen LogP contribution in [0.15, 0.2) is 18.7 Å². The quantitative estimate of drug-likeness (QED) is 0.484. The fourth-order valence-electron chi connectivity index (χ4n) is 1.63. The van der Waals surface area contributed by atoms with Crippen molar-refractivity contribution in [1.29, 1.82) is 0 Å². The number of amides is 1. The summed E-state index contributed by atoms with van der Waals surface area (Å²) in [7, 11) is 3.36. The van der Waals surface area contributed by atoms with Crippen LogP contribution >= 0.6 is 0 Å². The molecule has 0 fully saturated rings. The molecule has 21 heavy (non-hydrogen) atoms. The molecule has 1 amide bonds.